The molecule has 146 valence electrons. The molecule has 5 nitrogen and oxygen atoms in total. The van der Waals surface area contributed by atoms with Crippen LogP contribution in [-0.4, -0.2) is 23.8 Å². The van der Waals surface area contributed by atoms with E-state index in [2.05, 4.69) is 5.32 Å². The molecule has 2 aromatic carbocycles. The zero-order valence-corrected chi connectivity index (χ0v) is 16.1. The highest BCUT2D eigenvalue weighted by atomic mass is 16.5. The van der Waals surface area contributed by atoms with Crippen LogP contribution in [0, 0.1) is 0 Å². The van der Waals surface area contributed by atoms with Crippen molar-refractivity contribution in [2.75, 3.05) is 5.32 Å². The molecule has 1 aliphatic rings. The number of hydrogen-bond donors (Lipinski definition) is 1. The Labute approximate surface area is 165 Å². The minimum absolute atomic E-state index is 0.0428. The Bertz CT molecular complexity index is 860. The van der Waals surface area contributed by atoms with E-state index in [0.29, 0.717) is 11.3 Å². The second kappa shape index (κ2) is 9.31. The van der Waals surface area contributed by atoms with Crippen molar-refractivity contribution in [3.63, 3.8) is 0 Å². The quantitative estimate of drug-likeness (QED) is 0.581. The molecular weight excluding hydrogens is 354 g/mol. The maximum absolute atomic E-state index is 12.4. The Hall–Kier alpha value is -2.95. The molecule has 0 aromatic heterocycles. The standard InChI is InChI=1S/C23H25NO4/c1-16(23(27)24-20-9-3-2-4-10-20)28-22(26)14-13-21(25)19-12-11-17-7-5-6-8-18(17)15-19/h2-4,9-12,15-16H,5-8,13-14H2,1H3,(H,24,27)/t16-/m1/s1. The fraction of sp³-hybridized carbons (Fsp3) is 0.348. The highest BCUT2D eigenvalue weighted by Gasteiger charge is 2.19. The van der Waals surface area contributed by atoms with Gasteiger partial charge in [0.15, 0.2) is 11.9 Å². The number of benzene rings is 2. The van der Waals surface area contributed by atoms with E-state index in [1.165, 1.54) is 24.5 Å². The summed E-state index contributed by atoms with van der Waals surface area (Å²) in [7, 11) is 0. The first-order valence-electron chi connectivity index (χ1n) is 9.73. The van der Waals surface area contributed by atoms with E-state index in [4.69, 9.17) is 4.74 Å². The number of nitrogens with one attached hydrogen (secondary N) is 1. The van der Waals surface area contributed by atoms with Gasteiger partial charge in [-0.05, 0) is 61.9 Å². The number of ether oxygens (including phenoxy) is 1. The number of para-hydroxylation sites is 1. The van der Waals surface area contributed by atoms with Gasteiger partial charge in [-0.3, -0.25) is 14.4 Å². The SMILES string of the molecule is C[C@@H](OC(=O)CCC(=O)c1ccc2c(c1)CCCC2)C(=O)Nc1ccccc1. The van der Waals surface area contributed by atoms with E-state index in [9.17, 15) is 14.4 Å². The smallest absolute Gasteiger partial charge is 0.307 e. The fourth-order valence-corrected chi connectivity index (χ4v) is 3.34. The molecule has 0 spiro atoms. The summed E-state index contributed by atoms with van der Waals surface area (Å²) in [6.45, 7) is 1.52. The van der Waals surface area contributed by atoms with Crippen LogP contribution in [-0.2, 0) is 27.2 Å². The first-order chi connectivity index (χ1) is 13.5. The molecule has 5 heteroatoms. The number of aryl methyl sites for hydroxylation is 2. The number of carbonyl (C=O) groups is 3. The third-order valence-corrected chi connectivity index (χ3v) is 4.95. The zero-order chi connectivity index (χ0) is 19.9. The third kappa shape index (κ3) is 5.28. The lowest BCUT2D eigenvalue weighted by molar-refractivity contribution is -0.153. The number of esters is 1. The van der Waals surface area contributed by atoms with Crippen LogP contribution in [0.4, 0.5) is 5.69 Å². The second-order valence-electron chi connectivity index (χ2n) is 7.10. The van der Waals surface area contributed by atoms with Crippen molar-refractivity contribution in [1.29, 1.82) is 0 Å². The molecule has 0 saturated carbocycles. The van der Waals surface area contributed by atoms with Crippen molar-refractivity contribution in [2.45, 2.75) is 51.6 Å². The van der Waals surface area contributed by atoms with E-state index in [1.54, 1.807) is 24.3 Å². The molecule has 1 N–H and O–H groups in total. The molecule has 0 unspecified atom stereocenters. The monoisotopic (exact) mass is 379 g/mol. The Morgan fingerprint density at radius 1 is 0.964 bits per heavy atom. The largest absolute Gasteiger partial charge is 0.453 e. The van der Waals surface area contributed by atoms with Gasteiger partial charge in [-0.1, -0.05) is 30.3 Å². The summed E-state index contributed by atoms with van der Waals surface area (Å²) in [5, 5.41) is 2.68. The number of rotatable bonds is 7. The van der Waals surface area contributed by atoms with E-state index in [-0.39, 0.29) is 18.6 Å². The lowest BCUT2D eigenvalue weighted by atomic mass is 9.89. The summed E-state index contributed by atoms with van der Waals surface area (Å²) in [5.41, 5.74) is 3.84. The number of hydrogen-bond acceptors (Lipinski definition) is 4. The average molecular weight is 379 g/mol. The van der Waals surface area contributed by atoms with Gasteiger partial charge in [0.05, 0.1) is 6.42 Å². The predicted molar refractivity (Wildman–Crippen MR) is 107 cm³/mol. The van der Waals surface area contributed by atoms with Crippen molar-refractivity contribution in [3.05, 3.63) is 65.2 Å². The number of fused-ring (bicyclic) bond motifs is 1. The van der Waals surface area contributed by atoms with Crippen LogP contribution in [0.1, 0.15) is 54.1 Å². The van der Waals surface area contributed by atoms with Gasteiger partial charge in [-0.15, -0.1) is 0 Å². The van der Waals surface area contributed by atoms with Crippen LogP contribution in [0.3, 0.4) is 0 Å². The Kier molecular flexibility index (Phi) is 6.58. The second-order valence-corrected chi connectivity index (χ2v) is 7.10. The van der Waals surface area contributed by atoms with Crippen molar-refractivity contribution in [2.24, 2.45) is 0 Å². The van der Waals surface area contributed by atoms with E-state index in [1.807, 2.05) is 24.3 Å². The maximum atomic E-state index is 12.4. The van der Waals surface area contributed by atoms with Gasteiger partial charge in [-0.2, -0.15) is 0 Å². The molecule has 3 rings (SSSR count). The van der Waals surface area contributed by atoms with Crippen LogP contribution in [0.5, 0.6) is 0 Å². The van der Waals surface area contributed by atoms with Gasteiger partial charge in [0.25, 0.3) is 5.91 Å². The summed E-state index contributed by atoms with van der Waals surface area (Å²) in [6, 6.07) is 14.8. The van der Waals surface area contributed by atoms with Crippen LogP contribution in [0.2, 0.25) is 0 Å². The summed E-state index contributed by atoms with van der Waals surface area (Å²) in [5.74, 6) is -1.03. The van der Waals surface area contributed by atoms with Gasteiger partial charge < -0.3 is 10.1 Å². The molecule has 0 fully saturated rings. The van der Waals surface area contributed by atoms with E-state index < -0.39 is 18.0 Å². The Morgan fingerprint density at radius 2 is 1.68 bits per heavy atom. The van der Waals surface area contributed by atoms with Crippen molar-refractivity contribution < 1.29 is 19.1 Å². The highest BCUT2D eigenvalue weighted by molar-refractivity contribution is 5.98. The van der Waals surface area contributed by atoms with Gasteiger partial charge in [0.1, 0.15) is 0 Å². The minimum Gasteiger partial charge on any atom is -0.453 e. The molecule has 0 saturated heterocycles. The minimum atomic E-state index is -0.924. The van der Waals surface area contributed by atoms with Crippen molar-refractivity contribution >= 4 is 23.3 Å². The van der Waals surface area contributed by atoms with E-state index in [0.717, 1.165) is 19.3 Å². The molecule has 0 aliphatic heterocycles. The highest BCUT2D eigenvalue weighted by Crippen LogP contribution is 2.23. The summed E-state index contributed by atoms with van der Waals surface area (Å²) in [6.07, 6.45) is 3.53. The average Bonchev–Trinajstić information content (AvgIpc) is 2.72. The van der Waals surface area contributed by atoms with Gasteiger partial charge >= 0.3 is 5.97 Å². The molecule has 2 aromatic rings. The molecule has 28 heavy (non-hydrogen) atoms. The van der Waals surface area contributed by atoms with Gasteiger partial charge in [-0.25, -0.2) is 0 Å². The summed E-state index contributed by atoms with van der Waals surface area (Å²) in [4.78, 5) is 36.5. The number of ketones is 1. The van der Waals surface area contributed by atoms with Crippen LogP contribution in [0.25, 0.3) is 0 Å². The van der Waals surface area contributed by atoms with Crippen LogP contribution in [0.15, 0.2) is 48.5 Å². The molecular formula is C23H25NO4. The first-order valence-corrected chi connectivity index (χ1v) is 9.73. The lowest BCUT2D eigenvalue weighted by Gasteiger charge is -2.16. The first kappa shape index (κ1) is 19.8. The topological polar surface area (TPSA) is 72.5 Å². The zero-order valence-electron chi connectivity index (χ0n) is 16.1. The molecule has 0 heterocycles. The van der Waals surface area contributed by atoms with E-state index >= 15 is 0 Å². The number of amides is 1. The summed E-state index contributed by atoms with van der Waals surface area (Å²) >= 11 is 0. The fourth-order valence-electron chi connectivity index (χ4n) is 3.34. The predicted octanol–water partition coefficient (Wildman–Crippen LogP) is 4.10. The molecule has 1 atom stereocenters. The van der Waals surface area contributed by atoms with Crippen molar-refractivity contribution in [3.8, 4) is 0 Å². The van der Waals surface area contributed by atoms with Gasteiger partial charge in [0.2, 0.25) is 0 Å². The number of Topliss-reactive ketones (excluding diaryl/α,β-unsaturated/α-hetero) is 1. The molecule has 1 aliphatic carbocycles. The Morgan fingerprint density at radius 3 is 2.43 bits per heavy atom. The van der Waals surface area contributed by atoms with Gasteiger partial charge in [0, 0.05) is 17.7 Å². The lowest BCUT2D eigenvalue weighted by Crippen LogP contribution is -2.30. The van der Waals surface area contributed by atoms with Crippen LogP contribution >= 0.6 is 0 Å². The molecule has 0 bridgehead atoms. The summed E-state index contributed by atoms with van der Waals surface area (Å²) < 4.78 is 5.16. The molecule has 1 amide bonds. The van der Waals surface area contributed by atoms with Crippen molar-refractivity contribution in [1.82, 2.24) is 0 Å². The number of carbonyl (C=O) groups excluding carboxylic acids is 3. The van der Waals surface area contributed by atoms with Crippen LogP contribution < -0.4 is 5.32 Å². The number of anilines is 1. The molecule has 0 radical (unpaired) electrons. The maximum Gasteiger partial charge on any atom is 0.307 e. The normalized spacial score (nSPS) is 13.9. The Balaban J connectivity index is 1.47. The third-order valence-electron chi connectivity index (χ3n) is 4.95.